The Morgan fingerprint density at radius 3 is 1.71 bits per heavy atom. The molecule has 1 aromatic carbocycles. The summed E-state index contributed by atoms with van der Waals surface area (Å²) >= 11 is 6.79. The van der Waals surface area contributed by atoms with Crippen molar-refractivity contribution in [2.24, 2.45) is 5.41 Å². The molecule has 0 spiro atoms. The number of thiocyanates is 1. The van der Waals surface area contributed by atoms with Crippen molar-refractivity contribution in [2.75, 3.05) is 83.9 Å². The molecule has 1 aromatic rings. The van der Waals surface area contributed by atoms with Gasteiger partial charge in [-0.3, -0.25) is 0 Å². The number of nitrogens with one attached hydrogen (secondary N) is 2. The van der Waals surface area contributed by atoms with Crippen molar-refractivity contribution in [1.29, 1.82) is 5.26 Å². The van der Waals surface area contributed by atoms with Crippen LogP contribution in [0.1, 0.15) is 12.6 Å². The van der Waals surface area contributed by atoms with E-state index in [1.165, 1.54) is 0 Å². The zero-order valence-electron chi connectivity index (χ0n) is 20.4. The van der Waals surface area contributed by atoms with Gasteiger partial charge in [0.1, 0.15) is 5.40 Å². The minimum absolute atomic E-state index is 0. The molecule has 0 saturated carbocycles. The van der Waals surface area contributed by atoms with E-state index in [1.54, 1.807) is 0 Å². The molecule has 3 aliphatic heterocycles. The fraction of sp³-hybridized carbons (Fsp3) is 0.652. The molecular formula is C23H41MgN9S2-4. The molecule has 0 radical (unpaired) electrons. The molecule has 0 aromatic heterocycles. The Kier molecular flexibility index (Phi) is 14.1. The van der Waals surface area contributed by atoms with E-state index in [-0.39, 0.29) is 34.2 Å². The summed E-state index contributed by atoms with van der Waals surface area (Å²) in [5.41, 5.74) is 0.301. The van der Waals surface area contributed by atoms with Gasteiger partial charge < -0.3 is 42.5 Å². The van der Waals surface area contributed by atoms with Crippen LogP contribution in [0.2, 0.25) is 0 Å². The van der Waals surface area contributed by atoms with E-state index in [9.17, 15) is 0 Å². The molecule has 3 aliphatic rings. The molecule has 9 nitrogen and oxygen atoms in total. The van der Waals surface area contributed by atoms with Crippen LogP contribution in [0.15, 0.2) is 29.2 Å². The van der Waals surface area contributed by atoms with Crippen LogP contribution in [-0.4, -0.2) is 112 Å². The molecule has 196 valence electrons. The standard InChI is InChI=1S/C23H33N9S2.Mg.4H2/c1-22-12-25-6-9-28-15-23(16-29-10-7-26-13-22,17-30-11-8-27-14-22)32-21(33)31-19-2-4-20(5-3-19)34-18-24;;;;;/h2-5H,6-17H2,1H3,(H2,31,32,33);;4*1H/q-6;+2;;;;. The molecule has 35 heavy (non-hydrogen) atoms. The Morgan fingerprint density at radius 1 is 0.857 bits per heavy atom. The van der Waals surface area contributed by atoms with Crippen LogP contribution in [0.25, 0.3) is 31.9 Å². The molecule has 0 aliphatic carbocycles. The van der Waals surface area contributed by atoms with Gasteiger partial charge in [-0.2, -0.15) is 44.5 Å². The maximum absolute atomic E-state index is 8.83. The molecule has 0 unspecified atom stereocenters. The van der Waals surface area contributed by atoms with Gasteiger partial charge in [0.2, 0.25) is 0 Å². The zero-order valence-corrected chi connectivity index (χ0v) is 23.5. The van der Waals surface area contributed by atoms with E-state index in [0.717, 1.165) is 42.0 Å². The second-order valence-electron chi connectivity index (χ2n) is 9.02. The number of nitrogens with zero attached hydrogens (tertiary/aromatic N) is 7. The first-order valence-corrected chi connectivity index (χ1v) is 12.8. The number of thiocarbonyl (C=S) groups is 1. The van der Waals surface area contributed by atoms with E-state index in [2.05, 4.69) is 23.0 Å². The summed E-state index contributed by atoms with van der Waals surface area (Å²) in [5.74, 6) is 0. The maximum Gasteiger partial charge on any atom is 2.00 e. The number of fused-ring (bicyclic) bond motifs is 15. The summed E-state index contributed by atoms with van der Waals surface area (Å²) in [6.45, 7) is 10.1. The average Bonchev–Trinajstić information content (AvgIpc) is 2.81. The van der Waals surface area contributed by atoms with Gasteiger partial charge in [-0.25, -0.2) is 0 Å². The second-order valence-corrected chi connectivity index (χ2v) is 10.3. The molecule has 3 saturated heterocycles. The Labute approximate surface area is 241 Å². The number of hydrogen-bond donors (Lipinski definition) is 2. The van der Waals surface area contributed by atoms with Crippen molar-refractivity contribution < 1.29 is 5.71 Å². The van der Waals surface area contributed by atoms with E-state index in [0.29, 0.717) is 64.0 Å². The van der Waals surface area contributed by atoms with Crippen molar-refractivity contribution >= 4 is 57.8 Å². The Hall–Kier alpha value is -0.724. The molecule has 4 rings (SSSR count). The fourth-order valence-electron chi connectivity index (χ4n) is 3.83. The zero-order chi connectivity index (χ0) is 24.1. The first-order chi connectivity index (χ1) is 16.5. The SMILES string of the molecule is CC12C[N-]CC[N-]CC(NC(=S)Nc3ccc(SC#N)cc3)(C[N-]CC[N-]C1)C[N-]CC[N-]C2.[HH].[HH].[HH].[HH].[Mg+2]. The summed E-state index contributed by atoms with van der Waals surface area (Å²) < 4.78 is 0. The largest absolute Gasteiger partial charge is 2.00 e. The van der Waals surface area contributed by atoms with Gasteiger partial charge in [0.05, 0.1) is 0 Å². The van der Waals surface area contributed by atoms with Crippen LogP contribution in [0.3, 0.4) is 0 Å². The summed E-state index contributed by atoms with van der Waals surface area (Å²) in [4.78, 5) is 0.889. The van der Waals surface area contributed by atoms with Gasteiger partial charge in [0.25, 0.3) is 0 Å². The van der Waals surface area contributed by atoms with Crippen molar-refractivity contribution in [1.82, 2.24) is 5.32 Å². The third kappa shape index (κ3) is 11.0. The van der Waals surface area contributed by atoms with Crippen LogP contribution >= 0.6 is 24.0 Å². The number of hydrogen-bond acceptors (Lipinski definition) is 3. The predicted molar refractivity (Wildman–Crippen MR) is 161 cm³/mol. The first-order valence-electron chi connectivity index (χ1n) is 11.6. The number of nitriles is 1. The number of benzene rings is 1. The number of rotatable bonds is 3. The molecule has 2 N–H and O–H groups in total. The second kappa shape index (κ2) is 16.2. The van der Waals surface area contributed by atoms with E-state index >= 15 is 0 Å². The van der Waals surface area contributed by atoms with Gasteiger partial charge in [-0.05, 0) is 53.8 Å². The topological polar surface area (TPSA) is 132 Å². The molecule has 12 heteroatoms. The van der Waals surface area contributed by atoms with Crippen LogP contribution < -0.4 is 10.6 Å². The molecule has 0 atom stereocenters. The van der Waals surface area contributed by atoms with Crippen molar-refractivity contribution in [3.63, 3.8) is 0 Å². The smallest absolute Gasteiger partial charge is 0.663 e. The van der Waals surface area contributed by atoms with Crippen molar-refractivity contribution in [2.45, 2.75) is 17.4 Å². The van der Waals surface area contributed by atoms with Gasteiger partial charge in [0.15, 0.2) is 5.11 Å². The Morgan fingerprint density at radius 2 is 1.29 bits per heavy atom. The summed E-state index contributed by atoms with van der Waals surface area (Å²) in [5, 5.41) is 46.8. The van der Waals surface area contributed by atoms with Crippen molar-refractivity contribution in [3.8, 4) is 5.40 Å². The summed E-state index contributed by atoms with van der Waals surface area (Å²) in [7, 11) is 0. The first kappa shape index (κ1) is 30.5. The normalized spacial score (nSPS) is 26.9. The maximum atomic E-state index is 8.83. The molecule has 0 amide bonds. The molecule has 3 heterocycles. The van der Waals surface area contributed by atoms with Crippen LogP contribution in [0.5, 0.6) is 0 Å². The van der Waals surface area contributed by atoms with E-state index in [4.69, 9.17) is 49.4 Å². The van der Waals surface area contributed by atoms with E-state index in [1.807, 2.05) is 24.3 Å². The number of thioether (sulfide) groups is 1. The van der Waals surface area contributed by atoms with Gasteiger partial charge in [0, 0.05) is 16.3 Å². The van der Waals surface area contributed by atoms with Gasteiger partial charge >= 0.3 is 23.1 Å². The van der Waals surface area contributed by atoms with Crippen LogP contribution in [0, 0.1) is 16.1 Å². The average molecular weight is 532 g/mol. The molecular weight excluding hydrogens is 491 g/mol. The monoisotopic (exact) mass is 531 g/mol. The minimum atomic E-state index is -0.510. The number of anilines is 1. The van der Waals surface area contributed by atoms with Crippen LogP contribution in [-0.2, 0) is 0 Å². The van der Waals surface area contributed by atoms with Crippen LogP contribution in [0.4, 0.5) is 5.69 Å². The Bertz CT molecular complexity index is 778. The molecule has 3 fully saturated rings. The predicted octanol–water partition coefficient (Wildman–Crippen LogP) is 5.16. The third-order valence-corrected chi connectivity index (χ3v) is 6.43. The van der Waals surface area contributed by atoms with Crippen molar-refractivity contribution in [3.05, 3.63) is 56.2 Å². The summed E-state index contributed by atoms with van der Waals surface area (Å²) in [6.07, 6.45) is 0. The van der Waals surface area contributed by atoms with Gasteiger partial charge in [-0.15, -0.1) is 39.3 Å². The van der Waals surface area contributed by atoms with E-state index < -0.39 is 5.54 Å². The Balaban J connectivity index is -0.00000259. The fourth-order valence-corrected chi connectivity index (χ4v) is 4.54. The molecule has 2 bridgehead atoms. The van der Waals surface area contributed by atoms with Gasteiger partial charge in [-0.1, -0.05) is 12.3 Å². The quantitative estimate of drug-likeness (QED) is 0.240. The summed E-state index contributed by atoms with van der Waals surface area (Å²) in [6, 6.07) is 7.59. The third-order valence-electron chi connectivity index (χ3n) is 5.63. The minimum Gasteiger partial charge on any atom is -0.663 e.